The van der Waals surface area contributed by atoms with E-state index in [-0.39, 0.29) is 36.5 Å². The van der Waals surface area contributed by atoms with Gasteiger partial charge in [0.05, 0.1) is 17.8 Å². The largest absolute Gasteiger partial charge is 0.463 e. The molecule has 10 heteroatoms. The summed E-state index contributed by atoms with van der Waals surface area (Å²) < 4.78 is 24.9. The van der Waals surface area contributed by atoms with Crippen LogP contribution in [0.1, 0.15) is 73.6 Å². The summed E-state index contributed by atoms with van der Waals surface area (Å²) in [5.74, 6) is -0.785. The number of methoxy groups -OCH3 is 1. The van der Waals surface area contributed by atoms with Crippen LogP contribution in [0, 0.1) is 23.2 Å². The molecule has 0 aromatic carbocycles. The van der Waals surface area contributed by atoms with Gasteiger partial charge < -0.3 is 33.9 Å². The maximum absolute atomic E-state index is 14.2. The molecule has 0 bridgehead atoms. The lowest BCUT2D eigenvalue weighted by atomic mass is 9.74. The fourth-order valence-electron chi connectivity index (χ4n) is 7.54. The second kappa shape index (κ2) is 14.5. The van der Waals surface area contributed by atoms with E-state index in [0.717, 1.165) is 25.8 Å². The quantitative estimate of drug-likeness (QED) is 0.342. The van der Waals surface area contributed by atoms with Gasteiger partial charge in [0.2, 0.25) is 0 Å². The summed E-state index contributed by atoms with van der Waals surface area (Å²) in [7, 11) is 11.9. The zero-order valence-corrected chi connectivity index (χ0v) is 29.0. The summed E-state index contributed by atoms with van der Waals surface area (Å²) in [6.07, 6.45) is 1.71. The first-order valence-corrected chi connectivity index (χ1v) is 16.2. The fraction of sp³-hybridized carbons (Fsp3) is 0.939. The van der Waals surface area contributed by atoms with Crippen molar-refractivity contribution in [2.75, 3.05) is 55.5 Å². The van der Waals surface area contributed by atoms with Crippen LogP contribution in [0.4, 0.5) is 0 Å². The molecular formula is C33H61N3O7. The highest BCUT2D eigenvalue weighted by Crippen LogP contribution is 2.39. The highest BCUT2D eigenvalue weighted by molar-refractivity contribution is 6.04. The van der Waals surface area contributed by atoms with Gasteiger partial charge in [-0.3, -0.25) is 14.5 Å². The molecule has 1 N–H and O–H groups in total. The highest BCUT2D eigenvalue weighted by Gasteiger charge is 2.51. The van der Waals surface area contributed by atoms with Crippen LogP contribution in [0.2, 0.25) is 0 Å². The summed E-state index contributed by atoms with van der Waals surface area (Å²) >= 11 is 0. The minimum Gasteiger partial charge on any atom is -0.463 e. The smallest absolute Gasteiger partial charge is 0.319 e. The highest BCUT2D eigenvalue weighted by atomic mass is 16.7. The van der Waals surface area contributed by atoms with E-state index in [1.54, 1.807) is 27.9 Å². The molecule has 10 nitrogen and oxygen atoms in total. The van der Waals surface area contributed by atoms with Crippen LogP contribution in [-0.4, -0.2) is 135 Å². The van der Waals surface area contributed by atoms with Gasteiger partial charge in [-0.2, -0.15) is 0 Å². The number of aliphatic hydroxyl groups is 1. The summed E-state index contributed by atoms with van der Waals surface area (Å²) in [6.45, 7) is 12.2. The van der Waals surface area contributed by atoms with Crippen molar-refractivity contribution in [2.24, 2.45) is 23.2 Å². The van der Waals surface area contributed by atoms with Gasteiger partial charge in [0.25, 0.3) is 0 Å². The van der Waals surface area contributed by atoms with Crippen molar-refractivity contribution in [3.8, 4) is 0 Å². The zero-order valence-electron chi connectivity index (χ0n) is 29.0. The van der Waals surface area contributed by atoms with Crippen molar-refractivity contribution in [3.63, 3.8) is 0 Å². The van der Waals surface area contributed by atoms with Crippen LogP contribution in [0.5, 0.6) is 0 Å². The Morgan fingerprint density at radius 2 is 1.65 bits per heavy atom. The lowest BCUT2D eigenvalue weighted by Gasteiger charge is -2.47. The van der Waals surface area contributed by atoms with E-state index >= 15 is 0 Å². The predicted molar refractivity (Wildman–Crippen MR) is 167 cm³/mol. The van der Waals surface area contributed by atoms with E-state index in [4.69, 9.17) is 18.9 Å². The van der Waals surface area contributed by atoms with Crippen molar-refractivity contribution < 1.29 is 33.6 Å². The molecule has 1 saturated carbocycles. The number of likely N-dealkylation sites (N-methyl/N-ethyl adjacent to an activating group) is 2. The van der Waals surface area contributed by atoms with Gasteiger partial charge >= 0.3 is 5.97 Å². The molecule has 0 aromatic heterocycles. The number of hydrogen-bond acceptors (Lipinski definition) is 10. The minimum absolute atomic E-state index is 0.0553. The number of hydrogen-bond donors (Lipinski definition) is 1. The van der Waals surface area contributed by atoms with Crippen LogP contribution in [0.3, 0.4) is 0 Å². The van der Waals surface area contributed by atoms with Crippen molar-refractivity contribution >= 4 is 11.8 Å². The number of carbonyl (C=O) groups excluding carboxylic acids is 2. The molecule has 0 aromatic rings. The number of cyclic esters (lactones) is 1. The lowest BCUT2D eigenvalue weighted by Crippen LogP contribution is -2.59. The van der Waals surface area contributed by atoms with Gasteiger partial charge in [0.1, 0.15) is 18.1 Å². The van der Waals surface area contributed by atoms with Crippen LogP contribution in [0.15, 0.2) is 0 Å². The number of rotatable bonds is 7. The Kier molecular flexibility index (Phi) is 12.3. The standard InChI is InChI=1S/C33H61N3O7/c1-20-17-33(6,40-12)29(43-30-27(37)26(35(9)10)13-21(2)42-30)22(3)28(38)32(4,5)31(39)41-19-25(36(11)18-20)16-23-14-24(15-23)34(7)8/h20-27,29-30,37H,13-19H2,1-12H3/t20?,21-,22?,23?,24?,25?,26+,27-,29?,30+,33?/m1/s1. The van der Waals surface area contributed by atoms with Gasteiger partial charge in [-0.1, -0.05) is 13.8 Å². The Labute approximate surface area is 260 Å². The first-order chi connectivity index (χ1) is 19.9. The molecule has 3 fully saturated rings. The molecule has 2 heterocycles. The number of aliphatic hydroxyl groups excluding tert-OH is 1. The molecule has 5 unspecified atom stereocenters. The number of esters is 1. The van der Waals surface area contributed by atoms with E-state index in [1.807, 2.05) is 32.8 Å². The van der Waals surface area contributed by atoms with E-state index in [0.29, 0.717) is 24.8 Å². The van der Waals surface area contributed by atoms with E-state index in [2.05, 4.69) is 37.9 Å². The van der Waals surface area contributed by atoms with Crippen LogP contribution < -0.4 is 0 Å². The van der Waals surface area contributed by atoms with Gasteiger partial charge in [-0.25, -0.2) is 0 Å². The number of ketones is 1. The van der Waals surface area contributed by atoms with Gasteiger partial charge in [0.15, 0.2) is 12.1 Å². The van der Waals surface area contributed by atoms with E-state index < -0.39 is 41.4 Å². The molecule has 43 heavy (non-hydrogen) atoms. The average Bonchev–Trinajstić information content (AvgIpc) is 2.89. The fourth-order valence-corrected chi connectivity index (χ4v) is 7.54. The molecule has 0 spiro atoms. The van der Waals surface area contributed by atoms with Gasteiger partial charge in [0, 0.05) is 37.7 Å². The molecular weight excluding hydrogens is 550 g/mol. The molecule has 250 valence electrons. The van der Waals surface area contributed by atoms with E-state index in [9.17, 15) is 14.7 Å². The molecule has 0 radical (unpaired) electrons. The Bertz CT molecular complexity index is 939. The first-order valence-electron chi connectivity index (χ1n) is 16.2. The second-order valence-corrected chi connectivity index (χ2v) is 15.1. The number of carbonyl (C=O) groups is 2. The van der Waals surface area contributed by atoms with Crippen molar-refractivity contribution in [1.29, 1.82) is 0 Å². The Hall–Kier alpha value is -1.14. The molecule has 1 aliphatic carbocycles. The van der Waals surface area contributed by atoms with Crippen molar-refractivity contribution in [1.82, 2.24) is 14.7 Å². The van der Waals surface area contributed by atoms with Crippen molar-refractivity contribution in [2.45, 2.75) is 122 Å². The maximum Gasteiger partial charge on any atom is 0.319 e. The normalized spacial score (nSPS) is 42.1. The third-order valence-electron chi connectivity index (χ3n) is 10.5. The number of nitrogens with zero attached hydrogens (tertiary/aromatic N) is 3. The monoisotopic (exact) mass is 611 g/mol. The Morgan fingerprint density at radius 1 is 1.02 bits per heavy atom. The van der Waals surface area contributed by atoms with Crippen LogP contribution in [0.25, 0.3) is 0 Å². The molecule has 3 rings (SSSR count). The summed E-state index contributed by atoms with van der Waals surface area (Å²) in [4.78, 5) is 34.3. The minimum atomic E-state index is -1.39. The second-order valence-electron chi connectivity index (χ2n) is 15.1. The van der Waals surface area contributed by atoms with Crippen LogP contribution >= 0.6 is 0 Å². The molecule has 2 aliphatic heterocycles. The Balaban J connectivity index is 1.93. The summed E-state index contributed by atoms with van der Waals surface area (Å²) in [5, 5.41) is 11.3. The Morgan fingerprint density at radius 3 is 2.21 bits per heavy atom. The molecule has 3 aliphatic rings. The maximum atomic E-state index is 14.2. The SMILES string of the molecule is COC1(C)CC(C)CN(C)C(CC2CC(N(C)C)C2)COC(=O)C(C)(C)C(=O)C(C)C1O[C@@H]1O[C@H](C)C[C@H](N(C)C)[C@H]1O. The summed E-state index contributed by atoms with van der Waals surface area (Å²) in [6, 6.07) is 0.495. The van der Waals surface area contributed by atoms with E-state index in [1.165, 1.54) is 0 Å². The topological polar surface area (TPSA) is 101 Å². The third kappa shape index (κ3) is 8.37. The summed E-state index contributed by atoms with van der Waals surface area (Å²) in [5.41, 5.74) is -2.29. The molecule has 2 saturated heterocycles. The number of Topliss-reactive ketones (excluding diaryl/α,β-unsaturated/α-hetero) is 1. The zero-order chi connectivity index (χ0) is 32.4. The van der Waals surface area contributed by atoms with Crippen LogP contribution in [-0.2, 0) is 28.5 Å². The van der Waals surface area contributed by atoms with Gasteiger partial charge in [-0.05, 0) is 107 Å². The molecule has 0 amide bonds. The number of ether oxygens (including phenoxy) is 4. The van der Waals surface area contributed by atoms with Gasteiger partial charge in [-0.15, -0.1) is 0 Å². The van der Waals surface area contributed by atoms with Crippen molar-refractivity contribution in [3.05, 3.63) is 0 Å². The molecule has 9 atom stereocenters. The first kappa shape index (κ1) is 36.3. The third-order valence-corrected chi connectivity index (χ3v) is 10.5. The lowest BCUT2D eigenvalue weighted by molar-refractivity contribution is -0.295. The average molecular weight is 612 g/mol. The predicted octanol–water partition coefficient (Wildman–Crippen LogP) is 3.05.